The second-order valence-electron chi connectivity index (χ2n) is 5.92. The number of nitrogens with zero attached hydrogens (tertiary/aromatic N) is 3. The Morgan fingerprint density at radius 1 is 1.36 bits per heavy atom. The van der Waals surface area contributed by atoms with E-state index < -0.39 is 5.97 Å². The van der Waals surface area contributed by atoms with Crippen molar-refractivity contribution < 1.29 is 19.1 Å². The Morgan fingerprint density at radius 3 is 2.84 bits per heavy atom. The van der Waals surface area contributed by atoms with Crippen LogP contribution >= 0.6 is 0 Å². The van der Waals surface area contributed by atoms with Gasteiger partial charge in [0, 0.05) is 19.2 Å². The van der Waals surface area contributed by atoms with E-state index in [1.54, 1.807) is 34.0 Å². The van der Waals surface area contributed by atoms with Gasteiger partial charge in [0.25, 0.3) is 0 Å². The lowest BCUT2D eigenvalue weighted by Gasteiger charge is -2.30. The summed E-state index contributed by atoms with van der Waals surface area (Å²) >= 11 is 0. The van der Waals surface area contributed by atoms with Gasteiger partial charge in [-0.15, -0.1) is 0 Å². The molecule has 1 aromatic heterocycles. The van der Waals surface area contributed by atoms with E-state index in [2.05, 4.69) is 5.10 Å². The first-order valence-corrected chi connectivity index (χ1v) is 8.15. The summed E-state index contributed by atoms with van der Waals surface area (Å²) in [4.78, 5) is 26.3. The SMILES string of the molecule is COC(=O)c1cccc2c1OCCN2C(=O)CCc1cnn(C)c1C. The molecule has 0 N–H and O–H groups in total. The Kier molecular flexibility index (Phi) is 4.74. The van der Waals surface area contributed by atoms with E-state index >= 15 is 0 Å². The molecule has 0 radical (unpaired) electrons. The van der Waals surface area contributed by atoms with Gasteiger partial charge in [-0.25, -0.2) is 4.79 Å². The molecule has 0 saturated carbocycles. The van der Waals surface area contributed by atoms with E-state index in [0.29, 0.717) is 43.0 Å². The lowest BCUT2D eigenvalue weighted by molar-refractivity contribution is -0.118. The first-order valence-electron chi connectivity index (χ1n) is 8.15. The van der Waals surface area contributed by atoms with Crippen LogP contribution in [0.3, 0.4) is 0 Å². The molecule has 0 spiro atoms. The summed E-state index contributed by atoms with van der Waals surface area (Å²) in [6, 6.07) is 5.15. The second-order valence-corrected chi connectivity index (χ2v) is 5.92. The molecular weight excluding hydrogens is 322 g/mol. The van der Waals surface area contributed by atoms with Crippen LogP contribution in [-0.2, 0) is 23.0 Å². The number of fused-ring (bicyclic) bond motifs is 1. The Morgan fingerprint density at radius 2 is 2.16 bits per heavy atom. The highest BCUT2D eigenvalue weighted by Gasteiger charge is 2.27. The molecular formula is C18H21N3O4. The average Bonchev–Trinajstić information content (AvgIpc) is 2.96. The fraction of sp³-hybridized carbons (Fsp3) is 0.389. The van der Waals surface area contributed by atoms with Gasteiger partial charge >= 0.3 is 5.97 Å². The second kappa shape index (κ2) is 6.96. The molecule has 0 aliphatic carbocycles. The maximum atomic E-state index is 12.7. The maximum Gasteiger partial charge on any atom is 0.341 e. The molecule has 3 rings (SSSR count). The van der Waals surface area contributed by atoms with Crippen LogP contribution < -0.4 is 9.64 Å². The van der Waals surface area contributed by atoms with Crippen molar-refractivity contribution in [3.8, 4) is 5.75 Å². The van der Waals surface area contributed by atoms with Gasteiger partial charge in [0.15, 0.2) is 5.75 Å². The molecule has 1 amide bonds. The number of aryl methyl sites for hydroxylation is 2. The summed E-state index contributed by atoms with van der Waals surface area (Å²) in [6.07, 6.45) is 2.79. The monoisotopic (exact) mass is 343 g/mol. The zero-order chi connectivity index (χ0) is 18.0. The van der Waals surface area contributed by atoms with Crippen molar-refractivity contribution in [2.24, 2.45) is 7.05 Å². The zero-order valence-corrected chi connectivity index (χ0v) is 14.6. The average molecular weight is 343 g/mol. The molecule has 0 saturated heterocycles. The van der Waals surface area contributed by atoms with Crippen LogP contribution in [0.15, 0.2) is 24.4 Å². The predicted octanol–water partition coefficient (Wildman–Crippen LogP) is 1.87. The molecule has 25 heavy (non-hydrogen) atoms. The zero-order valence-electron chi connectivity index (χ0n) is 14.6. The number of rotatable bonds is 4. The van der Waals surface area contributed by atoms with Crippen LogP contribution in [0, 0.1) is 6.92 Å². The van der Waals surface area contributed by atoms with Crippen LogP contribution in [0.1, 0.15) is 28.0 Å². The van der Waals surface area contributed by atoms with Crippen LogP contribution in [0.25, 0.3) is 0 Å². The summed E-state index contributed by atoms with van der Waals surface area (Å²) < 4.78 is 12.2. The molecule has 132 valence electrons. The lowest BCUT2D eigenvalue weighted by Crippen LogP contribution is -2.38. The van der Waals surface area contributed by atoms with Gasteiger partial charge in [0.2, 0.25) is 5.91 Å². The third kappa shape index (κ3) is 3.22. The largest absolute Gasteiger partial charge is 0.489 e. The highest BCUT2D eigenvalue weighted by Crippen LogP contribution is 2.35. The summed E-state index contributed by atoms with van der Waals surface area (Å²) in [5.41, 5.74) is 3.07. The Bertz CT molecular complexity index is 813. The van der Waals surface area contributed by atoms with E-state index in [9.17, 15) is 9.59 Å². The summed E-state index contributed by atoms with van der Waals surface area (Å²) in [6.45, 7) is 2.79. The summed E-state index contributed by atoms with van der Waals surface area (Å²) in [5, 5.41) is 4.20. The number of anilines is 1. The van der Waals surface area contributed by atoms with Crippen molar-refractivity contribution in [1.29, 1.82) is 0 Å². The first-order chi connectivity index (χ1) is 12.0. The van der Waals surface area contributed by atoms with Gasteiger partial charge in [-0.1, -0.05) is 6.07 Å². The number of para-hydroxylation sites is 1. The molecule has 1 aliphatic rings. The molecule has 0 fully saturated rings. The quantitative estimate of drug-likeness (QED) is 0.793. The first kappa shape index (κ1) is 17.0. The highest BCUT2D eigenvalue weighted by atomic mass is 16.5. The molecule has 0 atom stereocenters. The van der Waals surface area contributed by atoms with Gasteiger partial charge in [-0.05, 0) is 31.0 Å². The van der Waals surface area contributed by atoms with E-state index in [1.165, 1.54) is 7.11 Å². The van der Waals surface area contributed by atoms with Gasteiger partial charge in [0.1, 0.15) is 12.2 Å². The number of methoxy groups -OCH3 is 1. The molecule has 7 nitrogen and oxygen atoms in total. The van der Waals surface area contributed by atoms with Gasteiger partial charge in [-0.3, -0.25) is 9.48 Å². The van der Waals surface area contributed by atoms with E-state index in [1.807, 2.05) is 14.0 Å². The Labute approximate surface area is 146 Å². The number of hydrogen-bond donors (Lipinski definition) is 0. The minimum atomic E-state index is -0.475. The smallest absolute Gasteiger partial charge is 0.341 e. The van der Waals surface area contributed by atoms with Crippen molar-refractivity contribution in [2.75, 3.05) is 25.2 Å². The third-order valence-electron chi connectivity index (χ3n) is 4.50. The number of esters is 1. The maximum absolute atomic E-state index is 12.7. The van der Waals surface area contributed by atoms with E-state index in [0.717, 1.165) is 11.3 Å². The van der Waals surface area contributed by atoms with Crippen molar-refractivity contribution >= 4 is 17.6 Å². The van der Waals surface area contributed by atoms with Crippen LogP contribution in [0.2, 0.25) is 0 Å². The number of benzene rings is 1. The topological polar surface area (TPSA) is 73.7 Å². The fourth-order valence-electron chi connectivity index (χ4n) is 2.94. The van der Waals surface area contributed by atoms with Crippen molar-refractivity contribution in [1.82, 2.24) is 9.78 Å². The molecule has 0 unspecified atom stereocenters. The summed E-state index contributed by atoms with van der Waals surface area (Å²) in [7, 11) is 3.21. The van der Waals surface area contributed by atoms with Gasteiger partial charge in [0.05, 0.1) is 25.5 Å². The number of carbonyl (C=O) groups is 2. The Balaban J connectivity index is 1.79. The Hall–Kier alpha value is -2.83. The number of hydrogen-bond acceptors (Lipinski definition) is 5. The number of ether oxygens (including phenoxy) is 2. The van der Waals surface area contributed by atoms with Crippen molar-refractivity contribution in [3.63, 3.8) is 0 Å². The number of amides is 1. The fourth-order valence-corrected chi connectivity index (χ4v) is 2.94. The minimum Gasteiger partial charge on any atom is -0.489 e. The van der Waals surface area contributed by atoms with Crippen LogP contribution in [0.4, 0.5) is 5.69 Å². The molecule has 2 heterocycles. The number of carbonyl (C=O) groups excluding carboxylic acids is 2. The molecule has 2 aromatic rings. The van der Waals surface area contributed by atoms with E-state index in [4.69, 9.17) is 9.47 Å². The molecule has 1 aliphatic heterocycles. The van der Waals surface area contributed by atoms with Crippen LogP contribution in [-0.4, -0.2) is 41.9 Å². The molecule has 1 aromatic carbocycles. The third-order valence-corrected chi connectivity index (χ3v) is 4.50. The van der Waals surface area contributed by atoms with Crippen LogP contribution in [0.5, 0.6) is 5.75 Å². The summed E-state index contributed by atoms with van der Waals surface area (Å²) in [5.74, 6) is -0.0709. The van der Waals surface area contributed by atoms with Gasteiger partial charge in [-0.2, -0.15) is 5.10 Å². The lowest BCUT2D eigenvalue weighted by atomic mass is 10.1. The van der Waals surface area contributed by atoms with Crippen molar-refractivity contribution in [3.05, 3.63) is 41.2 Å². The van der Waals surface area contributed by atoms with Gasteiger partial charge < -0.3 is 14.4 Å². The molecule has 0 bridgehead atoms. The molecule has 7 heteroatoms. The standard InChI is InChI=1S/C18H21N3O4/c1-12-13(11-19-20(12)2)7-8-16(22)21-9-10-25-17-14(18(23)24-3)5-4-6-15(17)21/h4-6,11H,7-10H2,1-3H3. The highest BCUT2D eigenvalue weighted by molar-refractivity contribution is 6.00. The minimum absolute atomic E-state index is 0.00480. The number of aromatic nitrogens is 2. The normalized spacial score (nSPS) is 13.2. The van der Waals surface area contributed by atoms with E-state index in [-0.39, 0.29) is 5.91 Å². The van der Waals surface area contributed by atoms with Crippen molar-refractivity contribution in [2.45, 2.75) is 19.8 Å². The predicted molar refractivity (Wildman–Crippen MR) is 91.9 cm³/mol.